The number of esters is 1. The number of ether oxygens (including phenoxy) is 1. The van der Waals surface area contributed by atoms with Crippen molar-refractivity contribution >= 4 is 16.1 Å². The Morgan fingerprint density at radius 1 is 1.46 bits per heavy atom. The van der Waals surface area contributed by atoms with Gasteiger partial charge in [-0.05, 0) is 13.3 Å². The number of hydrogen-bond donors (Lipinski definition) is 0. The standard InChI is InChI=1S/C12H13F3N2O6S/c1-3-22-11(19)7-4-6(2)10-16-8(5-9(18)17(7)10)23-24(20,21)12(13,14)15/h5-7H,3-4H2,1-2H3. The van der Waals surface area contributed by atoms with E-state index in [1.54, 1.807) is 13.8 Å². The van der Waals surface area contributed by atoms with Crippen molar-refractivity contribution in [2.75, 3.05) is 6.61 Å². The minimum absolute atomic E-state index is 0.0482. The van der Waals surface area contributed by atoms with Crippen molar-refractivity contribution in [2.24, 2.45) is 0 Å². The largest absolute Gasteiger partial charge is 0.534 e. The molecule has 2 heterocycles. The maximum atomic E-state index is 12.3. The van der Waals surface area contributed by atoms with E-state index in [1.165, 1.54) is 0 Å². The average Bonchev–Trinajstić information content (AvgIpc) is 2.75. The molecule has 0 bridgehead atoms. The highest BCUT2D eigenvalue weighted by molar-refractivity contribution is 7.87. The van der Waals surface area contributed by atoms with E-state index in [2.05, 4.69) is 9.17 Å². The molecule has 2 atom stereocenters. The van der Waals surface area contributed by atoms with E-state index < -0.39 is 45.0 Å². The quantitative estimate of drug-likeness (QED) is 0.444. The molecule has 0 aromatic carbocycles. The molecule has 0 radical (unpaired) electrons. The first kappa shape index (κ1) is 18.2. The van der Waals surface area contributed by atoms with Gasteiger partial charge >= 0.3 is 21.6 Å². The topological polar surface area (TPSA) is 105 Å². The van der Waals surface area contributed by atoms with E-state index in [1.807, 2.05) is 0 Å². The summed E-state index contributed by atoms with van der Waals surface area (Å²) in [6.45, 7) is 3.25. The number of aromatic nitrogens is 2. The van der Waals surface area contributed by atoms with Crippen LogP contribution in [-0.2, 0) is 19.6 Å². The van der Waals surface area contributed by atoms with Crippen molar-refractivity contribution in [3.8, 4) is 5.88 Å². The van der Waals surface area contributed by atoms with Gasteiger partial charge in [0.1, 0.15) is 11.9 Å². The van der Waals surface area contributed by atoms with Crippen LogP contribution in [0.2, 0.25) is 0 Å². The lowest BCUT2D eigenvalue weighted by Gasteiger charge is -2.13. The molecule has 0 N–H and O–H groups in total. The Morgan fingerprint density at radius 2 is 2.08 bits per heavy atom. The fraction of sp³-hybridized carbons (Fsp3) is 0.583. The third-order valence-corrected chi connectivity index (χ3v) is 4.28. The van der Waals surface area contributed by atoms with Gasteiger partial charge in [0.25, 0.3) is 5.56 Å². The van der Waals surface area contributed by atoms with Crippen LogP contribution in [-0.4, -0.2) is 36.1 Å². The number of carbonyl (C=O) groups is 1. The summed E-state index contributed by atoms with van der Waals surface area (Å²) in [4.78, 5) is 27.6. The summed E-state index contributed by atoms with van der Waals surface area (Å²) in [6.07, 6.45) is 0.149. The third-order valence-electron chi connectivity index (χ3n) is 3.32. The summed E-state index contributed by atoms with van der Waals surface area (Å²) in [6, 6.07) is -0.486. The maximum absolute atomic E-state index is 12.3. The molecule has 0 fully saturated rings. The van der Waals surface area contributed by atoms with Crippen LogP contribution in [0.3, 0.4) is 0 Å². The second kappa shape index (κ2) is 6.07. The molecule has 24 heavy (non-hydrogen) atoms. The lowest BCUT2D eigenvalue weighted by Crippen LogP contribution is -2.31. The Bertz CT molecular complexity index is 817. The Morgan fingerprint density at radius 3 is 2.62 bits per heavy atom. The van der Waals surface area contributed by atoms with Gasteiger partial charge in [0, 0.05) is 5.92 Å². The zero-order valence-corrected chi connectivity index (χ0v) is 13.3. The molecule has 2 unspecified atom stereocenters. The van der Waals surface area contributed by atoms with Gasteiger partial charge < -0.3 is 8.92 Å². The van der Waals surface area contributed by atoms with Gasteiger partial charge in [-0.25, -0.2) is 4.79 Å². The number of carbonyl (C=O) groups excluding carboxylic acids is 1. The minimum Gasteiger partial charge on any atom is -0.464 e. The van der Waals surface area contributed by atoms with Crippen molar-refractivity contribution < 1.29 is 35.3 Å². The van der Waals surface area contributed by atoms with Crippen LogP contribution in [0.25, 0.3) is 0 Å². The van der Waals surface area contributed by atoms with E-state index >= 15 is 0 Å². The maximum Gasteiger partial charge on any atom is 0.534 e. The molecule has 0 spiro atoms. The van der Waals surface area contributed by atoms with Crippen LogP contribution in [0, 0.1) is 0 Å². The number of hydrogen-bond acceptors (Lipinski definition) is 7. The zero-order chi connectivity index (χ0) is 18.3. The molecule has 0 saturated heterocycles. The molecule has 0 saturated carbocycles. The van der Waals surface area contributed by atoms with E-state index in [-0.39, 0.29) is 18.9 Å². The lowest BCUT2D eigenvalue weighted by molar-refractivity contribution is -0.147. The molecular formula is C12H13F3N2O6S. The molecule has 1 aromatic heterocycles. The summed E-state index contributed by atoms with van der Waals surface area (Å²) < 4.78 is 68.7. The molecule has 1 aliphatic rings. The summed E-state index contributed by atoms with van der Waals surface area (Å²) >= 11 is 0. The normalized spacial score (nSPS) is 20.5. The molecule has 0 amide bonds. The predicted molar refractivity (Wildman–Crippen MR) is 72.8 cm³/mol. The van der Waals surface area contributed by atoms with Crippen LogP contribution < -0.4 is 9.74 Å². The molecule has 0 aliphatic carbocycles. The van der Waals surface area contributed by atoms with Crippen LogP contribution in [0.1, 0.15) is 38.1 Å². The summed E-state index contributed by atoms with van der Waals surface area (Å²) in [7, 11) is -5.94. The van der Waals surface area contributed by atoms with Gasteiger partial charge in [0.2, 0.25) is 5.88 Å². The van der Waals surface area contributed by atoms with E-state index in [9.17, 15) is 31.2 Å². The molecule has 2 rings (SSSR count). The first-order chi connectivity index (χ1) is 11.0. The lowest BCUT2D eigenvalue weighted by atomic mass is 10.1. The highest BCUT2D eigenvalue weighted by Gasteiger charge is 2.49. The highest BCUT2D eigenvalue weighted by atomic mass is 32.2. The van der Waals surface area contributed by atoms with Crippen molar-refractivity contribution in [1.82, 2.24) is 9.55 Å². The van der Waals surface area contributed by atoms with Crippen LogP contribution in [0.5, 0.6) is 5.88 Å². The van der Waals surface area contributed by atoms with Crippen LogP contribution >= 0.6 is 0 Å². The van der Waals surface area contributed by atoms with Gasteiger partial charge in [0.05, 0.1) is 12.7 Å². The fourth-order valence-electron chi connectivity index (χ4n) is 2.34. The summed E-state index contributed by atoms with van der Waals surface area (Å²) in [5.41, 5.74) is -6.56. The Hall–Kier alpha value is -2.11. The molecule has 8 nitrogen and oxygen atoms in total. The van der Waals surface area contributed by atoms with Gasteiger partial charge in [-0.1, -0.05) is 6.92 Å². The SMILES string of the molecule is CCOC(=O)C1CC(C)c2nc(OS(=O)(=O)C(F)(F)F)cc(=O)n21. The number of rotatable bonds is 4. The summed E-state index contributed by atoms with van der Waals surface area (Å²) in [5, 5.41) is 0. The van der Waals surface area contributed by atoms with Gasteiger partial charge in [0.15, 0.2) is 0 Å². The fourth-order valence-corrected chi connectivity index (χ4v) is 2.74. The predicted octanol–water partition coefficient (Wildman–Crippen LogP) is 1.08. The Balaban J connectivity index is 2.44. The second-order valence-electron chi connectivity index (χ2n) is 5.05. The number of nitrogens with zero attached hydrogens (tertiary/aromatic N) is 2. The van der Waals surface area contributed by atoms with Gasteiger partial charge in [-0.15, -0.1) is 0 Å². The third kappa shape index (κ3) is 3.23. The monoisotopic (exact) mass is 370 g/mol. The zero-order valence-electron chi connectivity index (χ0n) is 12.5. The second-order valence-corrected chi connectivity index (χ2v) is 6.59. The number of halogens is 3. The smallest absolute Gasteiger partial charge is 0.464 e. The molecule has 12 heteroatoms. The first-order valence-corrected chi connectivity index (χ1v) is 8.19. The van der Waals surface area contributed by atoms with Crippen molar-refractivity contribution in [3.63, 3.8) is 0 Å². The van der Waals surface area contributed by atoms with Crippen molar-refractivity contribution in [3.05, 3.63) is 22.2 Å². The molecule has 1 aliphatic heterocycles. The van der Waals surface area contributed by atoms with E-state index in [4.69, 9.17) is 4.74 Å². The van der Waals surface area contributed by atoms with Gasteiger partial charge in [-0.2, -0.15) is 26.6 Å². The number of fused-ring (bicyclic) bond motifs is 1. The summed E-state index contributed by atoms with van der Waals surface area (Å²) in [5.74, 6) is -2.21. The van der Waals surface area contributed by atoms with Crippen LogP contribution in [0.4, 0.5) is 13.2 Å². The molecule has 134 valence electrons. The van der Waals surface area contributed by atoms with Crippen LogP contribution in [0.15, 0.2) is 10.9 Å². The average molecular weight is 370 g/mol. The van der Waals surface area contributed by atoms with E-state index in [0.717, 1.165) is 4.57 Å². The number of alkyl halides is 3. The van der Waals surface area contributed by atoms with Gasteiger partial charge in [-0.3, -0.25) is 9.36 Å². The highest BCUT2D eigenvalue weighted by Crippen LogP contribution is 2.35. The molecule has 1 aromatic rings. The molecular weight excluding hydrogens is 357 g/mol. The van der Waals surface area contributed by atoms with Crippen molar-refractivity contribution in [1.29, 1.82) is 0 Å². The Labute approximate surface area is 134 Å². The van der Waals surface area contributed by atoms with E-state index in [0.29, 0.717) is 6.07 Å². The minimum atomic E-state index is -5.94. The Kier molecular flexibility index (Phi) is 4.61. The van der Waals surface area contributed by atoms with Crippen molar-refractivity contribution in [2.45, 2.75) is 37.7 Å². The first-order valence-electron chi connectivity index (χ1n) is 6.78.